The number of rotatable bonds is 4. The van der Waals surface area contributed by atoms with Crippen molar-refractivity contribution in [3.8, 4) is 5.75 Å². The number of ketones is 1. The van der Waals surface area contributed by atoms with Crippen LogP contribution in [0.3, 0.4) is 0 Å². The molecule has 0 radical (unpaired) electrons. The number of hydrogen-bond donors (Lipinski definition) is 1. The van der Waals surface area contributed by atoms with Gasteiger partial charge in [0, 0.05) is 23.6 Å². The zero-order chi connectivity index (χ0) is 16.6. The molecule has 1 aromatic heterocycles. The van der Waals surface area contributed by atoms with Crippen LogP contribution in [0.4, 0.5) is 0 Å². The standard InChI is InChI=1S/C19H26N2O2/c1-13-7-9-21(10-8-13)12-18(22)19-14(2)20(3)17-6-5-15(23-4)11-16(17)19/h5-6,11,13H,7-10,12H2,1-4H3/p+1. The van der Waals surface area contributed by atoms with Crippen LogP contribution in [-0.4, -0.2) is 37.1 Å². The second kappa shape index (κ2) is 6.36. The quantitative estimate of drug-likeness (QED) is 0.876. The lowest BCUT2D eigenvalue weighted by Crippen LogP contribution is -3.13. The van der Waals surface area contributed by atoms with Crippen LogP contribution >= 0.6 is 0 Å². The zero-order valence-electron chi connectivity index (χ0n) is 14.6. The molecular weight excluding hydrogens is 288 g/mol. The van der Waals surface area contributed by atoms with Crippen LogP contribution in [-0.2, 0) is 7.05 Å². The fourth-order valence-electron chi connectivity index (χ4n) is 3.69. The first-order chi connectivity index (χ1) is 11.0. The lowest BCUT2D eigenvalue weighted by atomic mass is 9.98. The highest BCUT2D eigenvalue weighted by Gasteiger charge is 2.25. The molecule has 2 heterocycles. The minimum absolute atomic E-state index is 0.255. The van der Waals surface area contributed by atoms with Gasteiger partial charge in [0.2, 0.25) is 5.78 Å². The Kier molecular flexibility index (Phi) is 4.44. The molecule has 1 fully saturated rings. The van der Waals surface area contributed by atoms with Crippen LogP contribution in [0.2, 0.25) is 0 Å². The molecule has 0 amide bonds. The van der Waals surface area contributed by atoms with E-state index in [1.165, 1.54) is 17.7 Å². The number of methoxy groups -OCH3 is 1. The molecule has 1 aromatic carbocycles. The number of likely N-dealkylation sites (tertiary alicyclic amines) is 1. The summed E-state index contributed by atoms with van der Waals surface area (Å²) in [4.78, 5) is 14.4. The van der Waals surface area contributed by atoms with Crippen molar-refractivity contribution in [2.75, 3.05) is 26.7 Å². The van der Waals surface area contributed by atoms with E-state index in [-0.39, 0.29) is 5.78 Å². The summed E-state index contributed by atoms with van der Waals surface area (Å²) in [5.41, 5.74) is 3.00. The van der Waals surface area contributed by atoms with Gasteiger partial charge in [0.25, 0.3) is 0 Å². The average molecular weight is 315 g/mol. The number of quaternary nitrogens is 1. The monoisotopic (exact) mass is 315 g/mol. The first-order valence-corrected chi connectivity index (χ1v) is 8.51. The number of ether oxygens (including phenoxy) is 1. The molecule has 23 heavy (non-hydrogen) atoms. The Morgan fingerprint density at radius 3 is 2.70 bits per heavy atom. The molecule has 4 heteroatoms. The first-order valence-electron chi connectivity index (χ1n) is 8.51. The van der Waals surface area contributed by atoms with Crippen molar-refractivity contribution >= 4 is 16.7 Å². The molecule has 1 saturated heterocycles. The molecule has 0 atom stereocenters. The predicted octanol–water partition coefficient (Wildman–Crippen LogP) is 1.99. The maximum atomic E-state index is 13.0. The van der Waals surface area contributed by atoms with Gasteiger partial charge in [-0.15, -0.1) is 0 Å². The van der Waals surface area contributed by atoms with Crippen molar-refractivity contribution in [1.29, 1.82) is 0 Å². The molecule has 2 aromatic rings. The number of fused-ring (bicyclic) bond motifs is 1. The number of nitrogens with one attached hydrogen (secondary N) is 1. The number of hydrogen-bond acceptors (Lipinski definition) is 2. The van der Waals surface area contributed by atoms with Crippen LogP contribution in [0.25, 0.3) is 10.9 Å². The molecule has 0 spiro atoms. The maximum Gasteiger partial charge on any atom is 0.219 e. The van der Waals surface area contributed by atoms with Crippen molar-refractivity contribution in [3.05, 3.63) is 29.5 Å². The summed E-state index contributed by atoms with van der Waals surface area (Å²) in [6.45, 7) is 7.16. The largest absolute Gasteiger partial charge is 0.497 e. The fraction of sp³-hybridized carbons (Fsp3) is 0.526. The number of aryl methyl sites for hydroxylation is 1. The Hall–Kier alpha value is -1.81. The second-order valence-electron chi connectivity index (χ2n) is 6.93. The van der Waals surface area contributed by atoms with Gasteiger partial charge in [0.05, 0.1) is 25.8 Å². The van der Waals surface area contributed by atoms with Gasteiger partial charge in [-0.05, 0) is 43.9 Å². The van der Waals surface area contributed by atoms with Crippen LogP contribution in [0.15, 0.2) is 18.2 Å². The predicted molar refractivity (Wildman–Crippen MR) is 92.5 cm³/mol. The fourth-order valence-corrected chi connectivity index (χ4v) is 3.69. The maximum absolute atomic E-state index is 13.0. The van der Waals surface area contributed by atoms with Gasteiger partial charge < -0.3 is 14.2 Å². The summed E-state index contributed by atoms with van der Waals surface area (Å²) in [5, 5.41) is 1.01. The number of benzene rings is 1. The van der Waals surface area contributed by atoms with Gasteiger partial charge in [-0.1, -0.05) is 6.92 Å². The number of piperidine rings is 1. The van der Waals surface area contributed by atoms with E-state index in [9.17, 15) is 4.79 Å². The average Bonchev–Trinajstić information content (AvgIpc) is 2.80. The summed E-state index contributed by atoms with van der Waals surface area (Å²) in [6.07, 6.45) is 2.45. The van der Waals surface area contributed by atoms with E-state index in [1.807, 2.05) is 32.2 Å². The molecule has 0 aliphatic carbocycles. The third-order valence-electron chi connectivity index (χ3n) is 5.37. The lowest BCUT2D eigenvalue weighted by molar-refractivity contribution is -0.897. The minimum Gasteiger partial charge on any atom is -0.497 e. The molecule has 0 unspecified atom stereocenters. The third-order valence-corrected chi connectivity index (χ3v) is 5.37. The van der Waals surface area contributed by atoms with Gasteiger partial charge in [-0.3, -0.25) is 4.79 Å². The third kappa shape index (κ3) is 3.00. The van der Waals surface area contributed by atoms with Gasteiger partial charge >= 0.3 is 0 Å². The molecule has 1 aliphatic heterocycles. The van der Waals surface area contributed by atoms with E-state index in [0.717, 1.165) is 46.9 Å². The van der Waals surface area contributed by atoms with E-state index in [1.54, 1.807) is 7.11 Å². The summed E-state index contributed by atoms with van der Waals surface area (Å²) in [6, 6.07) is 5.98. The summed E-state index contributed by atoms with van der Waals surface area (Å²) >= 11 is 0. The van der Waals surface area contributed by atoms with Crippen LogP contribution in [0.5, 0.6) is 5.75 Å². The summed E-state index contributed by atoms with van der Waals surface area (Å²) in [7, 11) is 3.69. The number of carbonyl (C=O) groups excluding carboxylic acids is 1. The van der Waals surface area contributed by atoms with E-state index in [2.05, 4.69) is 11.5 Å². The smallest absolute Gasteiger partial charge is 0.219 e. The van der Waals surface area contributed by atoms with Gasteiger partial charge in [0.1, 0.15) is 12.3 Å². The van der Waals surface area contributed by atoms with Crippen LogP contribution in [0.1, 0.15) is 35.8 Å². The summed E-state index contributed by atoms with van der Waals surface area (Å²) in [5.74, 6) is 1.86. The van der Waals surface area contributed by atoms with E-state index >= 15 is 0 Å². The van der Waals surface area contributed by atoms with Gasteiger partial charge in [-0.25, -0.2) is 0 Å². The Balaban J connectivity index is 1.91. The summed E-state index contributed by atoms with van der Waals surface area (Å²) < 4.78 is 7.45. The zero-order valence-corrected chi connectivity index (χ0v) is 14.6. The number of nitrogens with zero attached hydrogens (tertiary/aromatic N) is 1. The van der Waals surface area contributed by atoms with Crippen molar-refractivity contribution in [1.82, 2.24) is 4.57 Å². The van der Waals surface area contributed by atoms with Crippen LogP contribution in [0, 0.1) is 12.8 Å². The van der Waals surface area contributed by atoms with E-state index in [0.29, 0.717) is 6.54 Å². The first kappa shape index (κ1) is 16.1. The Bertz CT molecular complexity index is 725. The molecule has 4 nitrogen and oxygen atoms in total. The van der Waals surface area contributed by atoms with E-state index in [4.69, 9.17) is 4.74 Å². The Morgan fingerprint density at radius 1 is 1.35 bits per heavy atom. The normalized spacial score (nSPS) is 21.6. The Labute approximate surface area is 138 Å². The number of carbonyl (C=O) groups is 1. The molecule has 0 bridgehead atoms. The van der Waals surface area contributed by atoms with Crippen molar-refractivity contribution in [2.45, 2.75) is 26.7 Å². The van der Waals surface area contributed by atoms with Crippen molar-refractivity contribution in [3.63, 3.8) is 0 Å². The molecule has 3 rings (SSSR count). The molecule has 1 aliphatic rings. The minimum atomic E-state index is 0.255. The van der Waals surface area contributed by atoms with Crippen LogP contribution < -0.4 is 9.64 Å². The molecule has 124 valence electrons. The van der Waals surface area contributed by atoms with Crippen molar-refractivity contribution < 1.29 is 14.4 Å². The highest BCUT2D eigenvalue weighted by atomic mass is 16.5. The SMILES string of the molecule is COc1ccc2c(c1)c(C(=O)C[NH+]1CCC(C)CC1)c(C)n2C. The second-order valence-corrected chi connectivity index (χ2v) is 6.93. The molecular formula is C19H27N2O2+. The highest BCUT2D eigenvalue weighted by Crippen LogP contribution is 2.28. The molecule has 0 saturated carbocycles. The number of Topliss-reactive ketones (excluding diaryl/α,β-unsaturated/α-hetero) is 1. The van der Waals surface area contributed by atoms with Gasteiger partial charge in [-0.2, -0.15) is 0 Å². The topological polar surface area (TPSA) is 35.7 Å². The lowest BCUT2D eigenvalue weighted by Gasteiger charge is -2.26. The van der Waals surface area contributed by atoms with E-state index < -0.39 is 0 Å². The Morgan fingerprint density at radius 2 is 2.04 bits per heavy atom. The van der Waals surface area contributed by atoms with Gasteiger partial charge in [0.15, 0.2) is 0 Å². The van der Waals surface area contributed by atoms with Crippen molar-refractivity contribution in [2.24, 2.45) is 13.0 Å². The molecule has 1 N–H and O–H groups in total. The number of aromatic nitrogens is 1. The highest BCUT2D eigenvalue weighted by molar-refractivity contribution is 6.10.